The SMILES string of the molecule is CC1C=CC(Nc2ccc(-c3ccc(Nc4ccc(-c5ccccc5)cc4)cc3)cc2)=C(c2ccccc2)C1. The predicted octanol–water partition coefficient (Wildman–Crippen LogP) is 10.2. The number of nitrogens with one attached hydrogen (secondary N) is 2. The van der Waals surface area contributed by atoms with Crippen LogP contribution in [0.25, 0.3) is 27.8 Å². The van der Waals surface area contributed by atoms with Crippen LogP contribution in [0.1, 0.15) is 18.9 Å². The van der Waals surface area contributed by atoms with Gasteiger partial charge in [0.2, 0.25) is 0 Å². The highest BCUT2D eigenvalue weighted by atomic mass is 14.9. The second-order valence-electron chi connectivity index (χ2n) is 10.1. The summed E-state index contributed by atoms with van der Waals surface area (Å²) in [6, 6.07) is 47.0. The lowest BCUT2D eigenvalue weighted by Crippen LogP contribution is -2.08. The third-order valence-corrected chi connectivity index (χ3v) is 7.23. The molecule has 0 aromatic heterocycles. The Morgan fingerprint density at radius 1 is 0.462 bits per heavy atom. The molecule has 2 heteroatoms. The fourth-order valence-electron chi connectivity index (χ4n) is 5.08. The van der Waals surface area contributed by atoms with Crippen LogP contribution in [-0.2, 0) is 0 Å². The zero-order chi connectivity index (χ0) is 26.4. The van der Waals surface area contributed by atoms with Crippen molar-refractivity contribution in [1.82, 2.24) is 0 Å². The molecule has 1 unspecified atom stereocenters. The van der Waals surface area contributed by atoms with Gasteiger partial charge in [0.05, 0.1) is 0 Å². The molecule has 2 N–H and O–H groups in total. The van der Waals surface area contributed by atoms with Crippen LogP contribution in [0.5, 0.6) is 0 Å². The van der Waals surface area contributed by atoms with Crippen molar-refractivity contribution in [2.45, 2.75) is 13.3 Å². The van der Waals surface area contributed by atoms with Crippen molar-refractivity contribution in [3.8, 4) is 22.3 Å². The summed E-state index contributed by atoms with van der Waals surface area (Å²) in [6.45, 7) is 2.27. The van der Waals surface area contributed by atoms with Gasteiger partial charge in [-0.25, -0.2) is 0 Å². The summed E-state index contributed by atoms with van der Waals surface area (Å²) in [5, 5.41) is 7.18. The third kappa shape index (κ3) is 5.86. The third-order valence-electron chi connectivity index (χ3n) is 7.23. The maximum absolute atomic E-state index is 3.66. The first-order chi connectivity index (χ1) is 19.2. The van der Waals surface area contributed by atoms with E-state index in [4.69, 9.17) is 0 Å². The molecule has 0 saturated carbocycles. The average Bonchev–Trinajstić information content (AvgIpc) is 3.00. The first-order valence-electron chi connectivity index (χ1n) is 13.6. The minimum Gasteiger partial charge on any atom is -0.356 e. The summed E-state index contributed by atoms with van der Waals surface area (Å²) in [6.07, 6.45) is 5.56. The molecule has 5 aromatic carbocycles. The van der Waals surface area contributed by atoms with Gasteiger partial charge in [-0.05, 0) is 88.2 Å². The zero-order valence-electron chi connectivity index (χ0n) is 22.1. The van der Waals surface area contributed by atoms with E-state index in [1.807, 2.05) is 6.07 Å². The van der Waals surface area contributed by atoms with Crippen LogP contribution < -0.4 is 10.6 Å². The lowest BCUT2D eigenvalue weighted by molar-refractivity contribution is 0.744. The summed E-state index contributed by atoms with van der Waals surface area (Å²) >= 11 is 0. The van der Waals surface area contributed by atoms with E-state index in [2.05, 4.69) is 157 Å². The molecule has 0 bridgehead atoms. The van der Waals surface area contributed by atoms with Crippen LogP contribution in [0.2, 0.25) is 0 Å². The largest absolute Gasteiger partial charge is 0.356 e. The highest BCUT2D eigenvalue weighted by Crippen LogP contribution is 2.33. The predicted molar refractivity (Wildman–Crippen MR) is 167 cm³/mol. The minimum absolute atomic E-state index is 0.541. The van der Waals surface area contributed by atoms with E-state index in [1.165, 1.54) is 39.1 Å². The smallest absolute Gasteiger partial charge is 0.0419 e. The molecule has 0 fully saturated rings. The van der Waals surface area contributed by atoms with E-state index < -0.39 is 0 Å². The number of hydrogen-bond donors (Lipinski definition) is 2. The van der Waals surface area contributed by atoms with Gasteiger partial charge < -0.3 is 10.6 Å². The summed E-state index contributed by atoms with van der Waals surface area (Å²) < 4.78 is 0. The standard InChI is InChI=1S/C37H32N2/c1-27-12-25-37(36(26-27)32-10-6-3-7-11-32)39-35-23-17-31(18-24-35)30-15-21-34(22-16-30)38-33-19-13-29(14-20-33)28-8-4-2-5-9-28/h2-25,27,38-39H,26H2,1H3. The Balaban J connectivity index is 1.13. The molecule has 0 amide bonds. The minimum atomic E-state index is 0.541. The molecule has 6 rings (SSSR count). The van der Waals surface area contributed by atoms with Gasteiger partial charge in [0.25, 0.3) is 0 Å². The molecule has 1 atom stereocenters. The quantitative estimate of drug-likeness (QED) is 0.230. The Bertz CT molecular complexity index is 1580. The topological polar surface area (TPSA) is 24.1 Å². The first kappa shape index (κ1) is 24.5. The first-order valence-corrected chi connectivity index (χ1v) is 13.6. The van der Waals surface area contributed by atoms with E-state index in [1.54, 1.807) is 0 Å². The van der Waals surface area contributed by atoms with Gasteiger partial charge in [0.1, 0.15) is 0 Å². The van der Waals surface area contributed by atoms with Crippen LogP contribution in [-0.4, -0.2) is 0 Å². The van der Waals surface area contributed by atoms with Crippen molar-refractivity contribution in [1.29, 1.82) is 0 Å². The van der Waals surface area contributed by atoms with Gasteiger partial charge in [0, 0.05) is 22.8 Å². The Morgan fingerprint density at radius 3 is 1.36 bits per heavy atom. The van der Waals surface area contributed by atoms with Crippen LogP contribution in [0.4, 0.5) is 17.1 Å². The van der Waals surface area contributed by atoms with Gasteiger partial charge in [-0.2, -0.15) is 0 Å². The summed E-state index contributed by atoms with van der Waals surface area (Å²) in [5.74, 6) is 0.541. The molecule has 190 valence electrons. The number of benzene rings is 5. The highest BCUT2D eigenvalue weighted by Gasteiger charge is 2.15. The number of allylic oxidation sites excluding steroid dienone is 3. The van der Waals surface area contributed by atoms with E-state index in [0.717, 1.165) is 23.5 Å². The lowest BCUT2D eigenvalue weighted by Gasteiger charge is -2.22. The molecule has 1 aliphatic carbocycles. The Kier molecular flexibility index (Phi) is 7.09. The fraction of sp³-hybridized carbons (Fsp3) is 0.0811. The van der Waals surface area contributed by atoms with Crippen molar-refractivity contribution in [3.63, 3.8) is 0 Å². The molecule has 0 heterocycles. The second-order valence-corrected chi connectivity index (χ2v) is 10.1. The Morgan fingerprint density at radius 2 is 0.872 bits per heavy atom. The monoisotopic (exact) mass is 504 g/mol. The maximum atomic E-state index is 3.66. The number of rotatable bonds is 7. The maximum Gasteiger partial charge on any atom is 0.0419 e. The molecule has 2 nitrogen and oxygen atoms in total. The zero-order valence-corrected chi connectivity index (χ0v) is 22.1. The molecule has 0 aliphatic heterocycles. The van der Waals surface area contributed by atoms with Gasteiger partial charge in [-0.15, -0.1) is 0 Å². The molecular formula is C37H32N2. The number of anilines is 3. The van der Waals surface area contributed by atoms with Crippen LogP contribution in [0, 0.1) is 5.92 Å². The van der Waals surface area contributed by atoms with Crippen LogP contribution in [0.3, 0.4) is 0 Å². The molecule has 39 heavy (non-hydrogen) atoms. The molecule has 5 aromatic rings. The van der Waals surface area contributed by atoms with Crippen LogP contribution in [0.15, 0.2) is 151 Å². The summed E-state index contributed by atoms with van der Waals surface area (Å²) in [4.78, 5) is 0. The Hall–Kier alpha value is -4.82. The molecule has 0 radical (unpaired) electrons. The normalized spacial score (nSPS) is 14.7. The molecule has 1 aliphatic rings. The Labute approximate surface area is 231 Å². The van der Waals surface area contributed by atoms with Crippen molar-refractivity contribution >= 4 is 22.6 Å². The summed E-state index contributed by atoms with van der Waals surface area (Å²) in [5.41, 5.74) is 11.9. The van der Waals surface area contributed by atoms with Gasteiger partial charge in [-0.3, -0.25) is 0 Å². The van der Waals surface area contributed by atoms with Crippen LogP contribution >= 0.6 is 0 Å². The summed E-state index contributed by atoms with van der Waals surface area (Å²) in [7, 11) is 0. The molecule has 0 saturated heterocycles. The average molecular weight is 505 g/mol. The van der Waals surface area contributed by atoms with Gasteiger partial charge in [-0.1, -0.05) is 110 Å². The van der Waals surface area contributed by atoms with Gasteiger partial charge >= 0.3 is 0 Å². The molecular weight excluding hydrogens is 472 g/mol. The van der Waals surface area contributed by atoms with E-state index in [0.29, 0.717) is 5.92 Å². The van der Waals surface area contributed by atoms with E-state index in [9.17, 15) is 0 Å². The van der Waals surface area contributed by atoms with Crippen molar-refractivity contribution in [2.75, 3.05) is 10.6 Å². The second kappa shape index (κ2) is 11.3. The van der Waals surface area contributed by atoms with E-state index >= 15 is 0 Å². The highest BCUT2D eigenvalue weighted by molar-refractivity contribution is 5.77. The van der Waals surface area contributed by atoms with Crippen molar-refractivity contribution < 1.29 is 0 Å². The fourth-order valence-corrected chi connectivity index (χ4v) is 5.08. The van der Waals surface area contributed by atoms with E-state index in [-0.39, 0.29) is 0 Å². The number of hydrogen-bond acceptors (Lipinski definition) is 2. The van der Waals surface area contributed by atoms with Gasteiger partial charge in [0.15, 0.2) is 0 Å². The lowest BCUT2D eigenvalue weighted by atomic mass is 9.89. The van der Waals surface area contributed by atoms with Crippen molar-refractivity contribution in [3.05, 3.63) is 157 Å². The van der Waals surface area contributed by atoms with Crippen molar-refractivity contribution in [2.24, 2.45) is 5.92 Å². The molecule has 0 spiro atoms.